The standard InChI is InChI=1S/C22H26N2O2S/c1-14-10-17(4)21-19(11-14)24(8-9-26-5)22(27-21)23-20(25)13-18-7-6-15(2)16(3)12-18/h6-7,10-12H,8-9,13H2,1-5H3. The first-order valence-corrected chi connectivity index (χ1v) is 9.94. The number of ether oxygens (including phenoxy) is 1. The van der Waals surface area contributed by atoms with Crippen LogP contribution >= 0.6 is 11.3 Å². The number of thiazole rings is 1. The number of carbonyl (C=O) groups excluding carboxylic acids is 1. The smallest absolute Gasteiger partial charge is 0.252 e. The molecule has 0 saturated heterocycles. The van der Waals surface area contributed by atoms with Crippen LogP contribution in [0.1, 0.15) is 27.8 Å². The monoisotopic (exact) mass is 382 g/mol. The summed E-state index contributed by atoms with van der Waals surface area (Å²) in [5.41, 5.74) is 6.97. The summed E-state index contributed by atoms with van der Waals surface area (Å²) in [5, 5.41) is 0. The quantitative estimate of drug-likeness (QED) is 0.662. The van der Waals surface area contributed by atoms with Crippen molar-refractivity contribution in [3.63, 3.8) is 0 Å². The molecule has 0 N–H and O–H groups in total. The third-order valence-electron chi connectivity index (χ3n) is 4.78. The number of amides is 1. The van der Waals surface area contributed by atoms with Crippen molar-refractivity contribution in [1.29, 1.82) is 0 Å². The highest BCUT2D eigenvalue weighted by atomic mass is 32.1. The number of benzene rings is 2. The van der Waals surface area contributed by atoms with Crippen LogP contribution in [0.25, 0.3) is 10.2 Å². The van der Waals surface area contributed by atoms with Crippen molar-refractivity contribution in [2.24, 2.45) is 4.99 Å². The molecule has 0 aliphatic rings. The normalized spacial score (nSPS) is 12.1. The fraction of sp³-hybridized carbons (Fsp3) is 0.364. The van der Waals surface area contributed by atoms with Gasteiger partial charge in [-0.3, -0.25) is 4.79 Å². The molecule has 3 aromatic rings. The van der Waals surface area contributed by atoms with Crippen LogP contribution in [0.15, 0.2) is 35.3 Å². The number of carbonyl (C=O) groups is 1. The second kappa shape index (κ2) is 8.19. The van der Waals surface area contributed by atoms with Crippen molar-refractivity contribution in [2.75, 3.05) is 13.7 Å². The Morgan fingerprint density at radius 2 is 1.85 bits per heavy atom. The summed E-state index contributed by atoms with van der Waals surface area (Å²) in [6.07, 6.45) is 0.317. The van der Waals surface area contributed by atoms with Crippen LogP contribution in [-0.4, -0.2) is 24.2 Å². The molecule has 0 radical (unpaired) electrons. The highest BCUT2D eigenvalue weighted by Gasteiger charge is 2.11. The topological polar surface area (TPSA) is 43.6 Å². The summed E-state index contributed by atoms with van der Waals surface area (Å²) >= 11 is 1.57. The van der Waals surface area contributed by atoms with Crippen molar-refractivity contribution in [1.82, 2.24) is 4.57 Å². The second-order valence-corrected chi connectivity index (χ2v) is 8.04. The molecule has 0 bridgehead atoms. The summed E-state index contributed by atoms with van der Waals surface area (Å²) in [4.78, 5) is 17.8. The Kier molecular flexibility index (Phi) is 5.92. The lowest BCUT2D eigenvalue weighted by molar-refractivity contribution is -0.117. The lowest BCUT2D eigenvalue weighted by Gasteiger charge is -2.06. The fourth-order valence-corrected chi connectivity index (χ4v) is 4.35. The average Bonchev–Trinajstić information content (AvgIpc) is 2.93. The van der Waals surface area contributed by atoms with Gasteiger partial charge in [0.15, 0.2) is 4.80 Å². The summed E-state index contributed by atoms with van der Waals surface area (Å²) in [5.74, 6) is -0.120. The van der Waals surface area contributed by atoms with Gasteiger partial charge in [-0.05, 0) is 61.6 Å². The molecule has 3 rings (SSSR count). The Hall–Kier alpha value is -2.24. The lowest BCUT2D eigenvalue weighted by Crippen LogP contribution is -2.19. The van der Waals surface area contributed by atoms with Gasteiger partial charge in [-0.1, -0.05) is 35.6 Å². The lowest BCUT2D eigenvalue weighted by atomic mass is 10.0. The van der Waals surface area contributed by atoms with E-state index in [9.17, 15) is 4.79 Å². The van der Waals surface area contributed by atoms with E-state index < -0.39 is 0 Å². The van der Waals surface area contributed by atoms with E-state index in [1.165, 1.54) is 27.0 Å². The van der Waals surface area contributed by atoms with Gasteiger partial charge in [0, 0.05) is 13.7 Å². The van der Waals surface area contributed by atoms with E-state index in [4.69, 9.17) is 4.74 Å². The van der Waals surface area contributed by atoms with E-state index in [0.717, 1.165) is 15.9 Å². The molecular formula is C22H26N2O2S. The predicted molar refractivity (Wildman–Crippen MR) is 111 cm³/mol. The fourth-order valence-electron chi connectivity index (χ4n) is 3.23. The number of fused-ring (bicyclic) bond motifs is 1. The van der Waals surface area contributed by atoms with Crippen LogP contribution in [0.5, 0.6) is 0 Å². The highest BCUT2D eigenvalue weighted by Crippen LogP contribution is 2.23. The second-order valence-electron chi connectivity index (χ2n) is 7.06. The number of rotatable bonds is 5. The van der Waals surface area contributed by atoms with E-state index in [1.807, 2.05) is 6.07 Å². The minimum absolute atomic E-state index is 0.120. The Morgan fingerprint density at radius 1 is 1.07 bits per heavy atom. The van der Waals surface area contributed by atoms with Gasteiger partial charge in [0.05, 0.1) is 23.2 Å². The third-order valence-corrected chi connectivity index (χ3v) is 6.01. The molecular weight excluding hydrogens is 356 g/mol. The first-order chi connectivity index (χ1) is 12.9. The van der Waals surface area contributed by atoms with Crippen LogP contribution in [0.3, 0.4) is 0 Å². The molecule has 0 spiro atoms. The molecule has 0 unspecified atom stereocenters. The van der Waals surface area contributed by atoms with Crippen LogP contribution in [-0.2, 0) is 22.5 Å². The van der Waals surface area contributed by atoms with Gasteiger partial charge in [0.1, 0.15) is 0 Å². The van der Waals surface area contributed by atoms with Crippen molar-refractivity contribution < 1.29 is 9.53 Å². The van der Waals surface area contributed by atoms with Crippen molar-refractivity contribution in [3.05, 3.63) is 63.0 Å². The van der Waals surface area contributed by atoms with Crippen molar-refractivity contribution >= 4 is 27.5 Å². The van der Waals surface area contributed by atoms with Crippen LogP contribution in [0, 0.1) is 27.7 Å². The molecule has 0 aliphatic heterocycles. The highest BCUT2D eigenvalue weighted by molar-refractivity contribution is 7.16. The summed E-state index contributed by atoms with van der Waals surface area (Å²) in [6, 6.07) is 10.5. The zero-order valence-electron chi connectivity index (χ0n) is 16.6. The molecule has 0 fully saturated rings. The number of hydrogen-bond donors (Lipinski definition) is 0. The average molecular weight is 383 g/mol. The Morgan fingerprint density at radius 3 is 2.56 bits per heavy atom. The molecule has 2 aromatic carbocycles. The largest absolute Gasteiger partial charge is 0.383 e. The van der Waals surface area contributed by atoms with Crippen LogP contribution in [0.4, 0.5) is 0 Å². The first kappa shape index (κ1) is 19.5. The predicted octanol–water partition coefficient (Wildman–Crippen LogP) is 4.25. The SMILES string of the molecule is COCCn1c(=NC(=O)Cc2ccc(C)c(C)c2)sc2c(C)cc(C)cc21. The van der Waals surface area contributed by atoms with Crippen LogP contribution < -0.4 is 4.80 Å². The maximum Gasteiger partial charge on any atom is 0.252 e. The van der Waals surface area contributed by atoms with E-state index in [-0.39, 0.29) is 5.91 Å². The molecule has 1 amide bonds. The number of nitrogens with zero attached hydrogens (tertiary/aromatic N) is 2. The summed E-state index contributed by atoms with van der Waals surface area (Å²) in [7, 11) is 1.69. The molecule has 142 valence electrons. The van der Waals surface area contributed by atoms with E-state index >= 15 is 0 Å². The maximum atomic E-state index is 12.6. The Balaban J connectivity index is 2.01. The van der Waals surface area contributed by atoms with Gasteiger partial charge < -0.3 is 9.30 Å². The molecule has 1 heterocycles. The minimum Gasteiger partial charge on any atom is -0.383 e. The summed E-state index contributed by atoms with van der Waals surface area (Å²) < 4.78 is 8.54. The number of hydrogen-bond acceptors (Lipinski definition) is 3. The van der Waals surface area contributed by atoms with Gasteiger partial charge in [-0.15, -0.1) is 0 Å². The van der Waals surface area contributed by atoms with Gasteiger partial charge in [0.2, 0.25) is 0 Å². The summed E-state index contributed by atoms with van der Waals surface area (Å²) in [6.45, 7) is 9.59. The number of methoxy groups -OCH3 is 1. The first-order valence-electron chi connectivity index (χ1n) is 9.12. The molecule has 0 aliphatic carbocycles. The zero-order valence-corrected chi connectivity index (χ0v) is 17.4. The molecule has 1 aromatic heterocycles. The Labute approximate surface area is 164 Å². The maximum absolute atomic E-state index is 12.6. The van der Waals surface area contributed by atoms with Gasteiger partial charge in [-0.2, -0.15) is 4.99 Å². The molecule has 4 nitrogen and oxygen atoms in total. The van der Waals surface area contributed by atoms with Crippen LogP contribution in [0.2, 0.25) is 0 Å². The number of aryl methyl sites for hydroxylation is 4. The molecule has 27 heavy (non-hydrogen) atoms. The van der Waals surface area contributed by atoms with Gasteiger partial charge in [-0.25, -0.2) is 0 Å². The van der Waals surface area contributed by atoms with E-state index in [1.54, 1.807) is 18.4 Å². The van der Waals surface area contributed by atoms with Gasteiger partial charge >= 0.3 is 0 Å². The minimum atomic E-state index is -0.120. The van der Waals surface area contributed by atoms with E-state index in [0.29, 0.717) is 19.6 Å². The van der Waals surface area contributed by atoms with Crippen molar-refractivity contribution in [3.8, 4) is 0 Å². The zero-order chi connectivity index (χ0) is 19.6. The Bertz CT molecular complexity index is 1060. The molecule has 5 heteroatoms. The van der Waals surface area contributed by atoms with E-state index in [2.05, 4.69) is 61.5 Å². The van der Waals surface area contributed by atoms with Gasteiger partial charge in [0.25, 0.3) is 5.91 Å². The molecule has 0 atom stereocenters. The number of aromatic nitrogens is 1. The van der Waals surface area contributed by atoms with Crippen molar-refractivity contribution in [2.45, 2.75) is 40.7 Å². The third kappa shape index (κ3) is 4.37. The molecule has 0 saturated carbocycles.